The maximum atomic E-state index is 12.7. The Morgan fingerprint density at radius 3 is 2.92 bits per heavy atom. The van der Waals surface area contributed by atoms with E-state index in [1.807, 2.05) is 35.9 Å². The zero-order chi connectivity index (χ0) is 17.8. The van der Waals surface area contributed by atoms with E-state index in [9.17, 15) is 4.79 Å². The summed E-state index contributed by atoms with van der Waals surface area (Å²) < 4.78 is 1.86. The van der Waals surface area contributed by atoms with E-state index in [1.54, 1.807) is 0 Å². The molecule has 0 spiro atoms. The molecule has 2 heterocycles. The van der Waals surface area contributed by atoms with Gasteiger partial charge in [-0.1, -0.05) is 19.1 Å². The number of hydrogen-bond acceptors (Lipinski definition) is 3. The van der Waals surface area contributed by atoms with Gasteiger partial charge in [0, 0.05) is 30.8 Å². The molecule has 1 aliphatic heterocycles. The average molecular weight is 340 g/mol. The molecule has 0 radical (unpaired) electrons. The topological polar surface area (TPSA) is 50.2 Å². The monoisotopic (exact) mass is 340 g/mol. The Bertz CT molecular complexity index is 737. The molecule has 5 nitrogen and oxygen atoms in total. The van der Waals surface area contributed by atoms with Gasteiger partial charge in [-0.15, -0.1) is 0 Å². The summed E-state index contributed by atoms with van der Waals surface area (Å²) in [6.45, 7) is 9.18. The van der Waals surface area contributed by atoms with Gasteiger partial charge < -0.3 is 5.32 Å². The quantitative estimate of drug-likeness (QED) is 0.869. The van der Waals surface area contributed by atoms with Crippen molar-refractivity contribution in [2.45, 2.75) is 59.2 Å². The molecule has 1 aliphatic rings. The Morgan fingerprint density at radius 1 is 1.36 bits per heavy atom. The van der Waals surface area contributed by atoms with Gasteiger partial charge in [0.25, 0.3) is 5.91 Å². The number of aromatic nitrogens is 2. The summed E-state index contributed by atoms with van der Waals surface area (Å²) in [5.74, 6) is 0.691. The predicted molar refractivity (Wildman–Crippen MR) is 101 cm³/mol. The number of nitrogens with one attached hydrogen (secondary N) is 1. The van der Waals surface area contributed by atoms with Crippen LogP contribution in [0.4, 0.5) is 5.82 Å². The zero-order valence-electron chi connectivity index (χ0n) is 15.5. The van der Waals surface area contributed by atoms with Gasteiger partial charge in [-0.05, 0) is 57.4 Å². The molecule has 1 amide bonds. The van der Waals surface area contributed by atoms with Gasteiger partial charge in [-0.25, -0.2) is 4.68 Å². The summed E-state index contributed by atoms with van der Waals surface area (Å²) in [6.07, 6.45) is 3.51. The first kappa shape index (κ1) is 17.7. The Kier molecular flexibility index (Phi) is 5.53. The summed E-state index contributed by atoms with van der Waals surface area (Å²) in [6, 6.07) is 10.5. The summed E-state index contributed by atoms with van der Waals surface area (Å²) in [5, 5.41) is 7.45. The number of carbonyl (C=O) groups is 1. The maximum absolute atomic E-state index is 12.7. The Hall–Kier alpha value is -2.14. The lowest BCUT2D eigenvalue weighted by Gasteiger charge is -2.21. The van der Waals surface area contributed by atoms with Crippen molar-refractivity contribution in [2.75, 3.05) is 11.9 Å². The standard InChI is InChI=1S/C20H28N4O/c1-4-10-24-19(12-15(2)22-24)21-20(25)18-9-5-8-17(13-18)14-23-11-6-7-16(23)3/h5,8-9,12-13,16H,4,6-7,10-11,14H2,1-3H3,(H,21,25). The molecule has 0 aliphatic carbocycles. The minimum atomic E-state index is -0.0754. The number of rotatable bonds is 6. The van der Waals surface area contributed by atoms with E-state index in [1.165, 1.54) is 18.4 Å². The first-order valence-corrected chi connectivity index (χ1v) is 9.25. The Balaban J connectivity index is 1.71. The molecule has 25 heavy (non-hydrogen) atoms. The van der Waals surface area contributed by atoms with Gasteiger partial charge >= 0.3 is 0 Å². The van der Waals surface area contributed by atoms with E-state index in [0.717, 1.165) is 37.6 Å². The van der Waals surface area contributed by atoms with E-state index < -0.39 is 0 Å². The molecule has 0 bridgehead atoms. The number of aryl methyl sites for hydroxylation is 2. The Labute approximate surface area is 150 Å². The van der Waals surface area contributed by atoms with Gasteiger partial charge in [-0.2, -0.15) is 5.10 Å². The smallest absolute Gasteiger partial charge is 0.256 e. The molecule has 1 aromatic carbocycles. The SMILES string of the molecule is CCCn1nc(C)cc1NC(=O)c1cccc(CN2CCCC2C)c1. The summed E-state index contributed by atoms with van der Waals surface area (Å²) in [5.41, 5.74) is 2.81. The van der Waals surface area contributed by atoms with Crippen LogP contribution in [-0.4, -0.2) is 33.2 Å². The lowest BCUT2D eigenvalue weighted by molar-refractivity contribution is 0.102. The molecule has 1 unspecified atom stereocenters. The van der Waals surface area contributed by atoms with Gasteiger partial charge in [0.2, 0.25) is 0 Å². The second-order valence-corrected chi connectivity index (χ2v) is 7.01. The lowest BCUT2D eigenvalue weighted by Crippen LogP contribution is -2.26. The van der Waals surface area contributed by atoms with Gasteiger partial charge in [0.05, 0.1) is 5.69 Å². The molecule has 1 fully saturated rings. The van der Waals surface area contributed by atoms with Crippen molar-refractivity contribution in [2.24, 2.45) is 0 Å². The van der Waals surface area contributed by atoms with Gasteiger partial charge in [0.1, 0.15) is 5.82 Å². The van der Waals surface area contributed by atoms with E-state index in [-0.39, 0.29) is 5.91 Å². The Morgan fingerprint density at radius 2 is 2.20 bits per heavy atom. The summed E-state index contributed by atoms with van der Waals surface area (Å²) in [7, 11) is 0. The molecule has 1 atom stereocenters. The third kappa shape index (κ3) is 4.28. The van der Waals surface area contributed by atoms with Crippen molar-refractivity contribution < 1.29 is 4.79 Å². The molecular formula is C20H28N4O. The summed E-state index contributed by atoms with van der Waals surface area (Å²) >= 11 is 0. The van der Waals surface area contributed by atoms with Crippen LogP contribution in [0.15, 0.2) is 30.3 Å². The largest absolute Gasteiger partial charge is 0.307 e. The average Bonchev–Trinajstić information content (AvgIpc) is 3.14. The van der Waals surface area contributed by atoms with Crippen LogP contribution in [0.25, 0.3) is 0 Å². The highest BCUT2D eigenvalue weighted by Gasteiger charge is 2.20. The number of likely N-dealkylation sites (tertiary alicyclic amines) is 1. The molecule has 1 aromatic heterocycles. The number of carbonyl (C=O) groups excluding carboxylic acids is 1. The fourth-order valence-electron chi connectivity index (χ4n) is 3.49. The highest BCUT2D eigenvalue weighted by atomic mass is 16.1. The highest BCUT2D eigenvalue weighted by molar-refractivity contribution is 6.03. The molecule has 5 heteroatoms. The van der Waals surface area contributed by atoms with E-state index >= 15 is 0 Å². The van der Waals surface area contributed by atoms with Crippen LogP contribution in [-0.2, 0) is 13.1 Å². The second-order valence-electron chi connectivity index (χ2n) is 7.01. The van der Waals surface area contributed by atoms with E-state index in [4.69, 9.17) is 0 Å². The van der Waals surface area contributed by atoms with Crippen LogP contribution in [0.1, 0.15) is 54.7 Å². The zero-order valence-corrected chi connectivity index (χ0v) is 15.5. The van der Waals surface area contributed by atoms with Crippen molar-refractivity contribution in [3.63, 3.8) is 0 Å². The maximum Gasteiger partial charge on any atom is 0.256 e. The van der Waals surface area contributed by atoms with Crippen LogP contribution in [0.3, 0.4) is 0 Å². The molecule has 1 N–H and O–H groups in total. The van der Waals surface area contributed by atoms with Crippen LogP contribution < -0.4 is 5.32 Å². The van der Waals surface area contributed by atoms with Crippen molar-refractivity contribution in [3.05, 3.63) is 47.2 Å². The predicted octanol–water partition coefficient (Wildman–Crippen LogP) is 3.84. The second kappa shape index (κ2) is 7.83. The molecule has 3 rings (SSSR count). The first-order chi connectivity index (χ1) is 12.1. The van der Waals surface area contributed by atoms with Crippen LogP contribution in [0.2, 0.25) is 0 Å². The minimum Gasteiger partial charge on any atom is -0.307 e. The number of benzene rings is 1. The fraction of sp³-hybridized carbons (Fsp3) is 0.500. The molecular weight excluding hydrogens is 312 g/mol. The lowest BCUT2D eigenvalue weighted by atomic mass is 10.1. The highest BCUT2D eigenvalue weighted by Crippen LogP contribution is 2.20. The van der Waals surface area contributed by atoms with E-state index in [0.29, 0.717) is 11.6 Å². The van der Waals surface area contributed by atoms with Crippen molar-refractivity contribution in [1.82, 2.24) is 14.7 Å². The third-order valence-corrected chi connectivity index (χ3v) is 4.84. The van der Waals surface area contributed by atoms with Crippen molar-refractivity contribution in [3.8, 4) is 0 Å². The van der Waals surface area contributed by atoms with Crippen LogP contribution in [0, 0.1) is 6.92 Å². The fourth-order valence-corrected chi connectivity index (χ4v) is 3.49. The van der Waals surface area contributed by atoms with Crippen molar-refractivity contribution in [1.29, 1.82) is 0 Å². The number of nitrogens with zero attached hydrogens (tertiary/aromatic N) is 3. The number of anilines is 1. The molecule has 1 saturated heterocycles. The number of hydrogen-bond donors (Lipinski definition) is 1. The minimum absolute atomic E-state index is 0.0754. The first-order valence-electron chi connectivity index (χ1n) is 9.25. The normalized spacial score (nSPS) is 17.8. The van der Waals surface area contributed by atoms with Crippen LogP contribution >= 0.6 is 0 Å². The van der Waals surface area contributed by atoms with Gasteiger partial charge in [-0.3, -0.25) is 9.69 Å². The molecule has 134 valence electrons. The van der Waals surface area contributed by atoms with E-state index in [2.05, 4.69) is 35.2 Å². The number of amides is 1. The molecule has 2 aromatic rings. The molecule has 0 saturated carbocycles. The third-order valence-electron chi connectivity index (χ3n) is 4.84. The van der Waals surface area contributed by atoms with Crippen molar-refractivity contribution >= 4 is 11.7 Å². The van der Waals surface area contributed by atoms with Crippen LogP contribution in [0.5, 0.6) is 0 Å². The van der Waals surface area contributed by atoms with Gasteiger partial charge in [0.15, 0.2) is 0 Å². The summed E-state index contributed by atoms with van der Waals surface area (Å²) in [4.78, 5) is 15.2.